The van der Waals surface area contributed by atoms with Gasteiger partial charge < -0.3 is 9.63 Å². The molecule has 1 aromatic carbocycles. The molecule has 1 aliphatic heterocycles. The molecule has 4 rings (SSSR count). The zero-order valence-electron chi connectivity index (χ0n) is 14.0. The standard InChI is InChI=1S/C19H13FN2O4S/c1-10-9-14(21-26-10)22-16(13-3-2-8-27-13)15(18(24)19(22)25)17(23)11-4-6-12(20)7-5-11/h2-9,16,23H,1H3/b17-15+. The van der Waals surface area contributed by atoms with Gasteiger partial charge in [-0.2, -0.15) is 0 Å². The fraction of sp³-hybridized carbons (Fsp3) is 0.105. The molecular formula is C19H13FN2O4S. The third kappa shape index (κ3) is 2.83. The highest BCUT2D eigenvalue weighted by Crippen LogP contribution is 2.43. The maximum atomic E-state index is 13.2. The van der Waals surface area contributed by atoms with Crippen LogP contribution in [0.1, 0.15) is 22.2 Å². The monoisotopic (exact) mass is 384 g/mol. The van der Waals surface area contributed by atoms with Crippen molar-refractivity contribution in [3.05, 3.63) is 75.4 Å². The minimum Gasteiger partial charge on any atom is -0.507 e. The number of aryl methyl sites for hydroxylation is 1. The van der Waals surface area contributed by atoms with Gasteiger partial charge in [-0.25, -0.2) is 4.39 Å². The number of aromatic nitrogens is 1. The van der Waals surface area contributed by atoms with E-state index in [0.717, 1.165) is 0 Å². The van der Waals surface area contributed by atoms with Crippen LogP contribution < -0.4 is 4.90 Å². The Kier molecular flexibility index (Phi) is 4.12. The van der Waals surface area contributed by atoms with E-state index in [1.165, 1.54) is 40.5 Å². The van der Waals surface area contributed by atoms with E-state index in [-0.39, 0.29) is 22.7 Å². The van der Waals surface area contributed by atoms with Crippen molar-refractivity contribution in [2.24, 2.45) is 0 Å². The Balaban J connectivity index is 1.92. The molecule has 0 radical (unpaired) electrons. The van der Waals surface area contributed by atoms with Gasteiger partial charge in [0.25, 0.3) is 5.78 Å². The van der Waals surface area contributed by atoms with Gasteiger partial charge in [0, 0.05) is 16.5 Å². The lowest BCUT2D eigenvalue weighted by atomic mass is 10.00. The maximum absolute atomic E-state index is 13.2. The summed E-state index contributed by atoms with van der Waals surface area (Å²) < 4.78 is 18.3. The van der Waals surface area contributed by atoms with Crippen molar-refractivity contribution >= 4 is 34.6 Å². The van der Waals surface area contributed by atoms with Crippen LogP contribution in [0.25, 0.3) is 5.76 Å². The molecule has 1 fully saturated rings. The Morgan fingerprint density at radius 2 is 2.00 bits per heavy atom. The Hall–Kier alpha value is -3.26. The number of amides is 1. The number of ketones is 1. The summed E-state index contributed by atoms with van der Waals surface area (Å²) in [6, 6.07) is 9.29. The number of carbonyl (C=O) groups is 2. The van der Waals surface area contributed by atoms with Gasteiger partial charge in [0.1, 0.15) is 23.4 Å². The SMILES string of the molecule is Cc1cc(N2C(=O)C(=O)/C(=C(/O)c3ccc(F)cc3)C2c2cccs2)no1. The molecule has 1 atom stereocenters. The van der Waals surface area contributed by atoms with Gasteiger partial charge in [-0.1, -0.05) is 11.2 Å². The molecule has 0 aliphatic carbocycles. The normalized spacial score (nSPS) is 19.0. The summed E-state index contributed by atoms with van der Waals surface area (Å²) in [5.41, 5.74) is 0.169. The van der Waals surface area contributed by atoms with Crippen LogP contribution in [0.4, 0.5) is 10.2 Å². The molecule has 2 aromatic heterocycles. The van der Waals surface area contributed by atoms with Gasteiger partial charge in [-0.05, 0) is 42.6 Å². The number of carbonyl (C=O) groups excluding carboxylic acids is 2. The molecule has 1 amide bonds. The van der Waals surface area contributed by atoms with E-state index in [2.05, 4.69) is 5.16 Å². The number of anilines is 1. The summed E-state index contributed by atoms with van der Waals surface area (Å²) in [4.78, 5) is 27.3. The Morgan fingerprint density at radius 1 is 1.26 bits per heavy atom. The molecule has 136 valence electrons. The lowest BCUT2D eigenvalue weighted by Crippen LogP contribution is -2.29. The van der Waals surface area contributed by atoms with Crippen molar-refractivity contribution in [1.82, 2.24) is 5.16 Å². The molecule has 6 nitrogen and oxygen atoms in total. The van der Waals surface area contributed by atoms with Crippen molar-refractivity contribution in [3.63, 3.8) is 0 Å². The quantitative estimate of drug-likeness (QED) is 0.422. The number of hydrogen-bond acceptors (Lipinski definition) is 6. The average Bonchev–Trinajstić information content (AvgIpc) is 3.37. The first-order chi connectivity index (χ1) is 13.0. The van der Waals surface area contributed by atoms with Crippen LogP contribution in [0.3, 0.4) is 0 Å². The lowest BCUT2D eigenvalue weighted by molar-refractivity contribution is -0.132. The summed E-state index contributed by atoms with van der Waals surface area (Å²) >= 11 is 1.34. The molecule has 1 unspecified atom stereocenters. The summed E-state index contributed by atoms with van der Waals surface area (Å²) in [6.45, 7) is 1.67. The molecule has 0 bridgehead atoms. The number of halogens is 1. The summed E-state index contributed by atoms with van der Waals surface area (Å²) in [7, 11) is 0. The Morgan fingerprint density at radius 3 is 2.59 bits per heavy atom. The molecule has 0 spiro atoms. The number of aliphatic hydroxyl groups is 1. The molecule has 1 aliphatic rings. The summed E-state index contributed by atoms with van der Waals surface area (Å²) in [5, 5.41) is 16.4. The van der Waals surface area contributed by atoms with E-state index in [4.69, 9.17) is 4.52 Å². The number of aliphatic hydroxyl groups excluding tert-OH is 1. The van der Waals surface area contributed by atoms with Crippen molar-refractivity contribution < 1.29 is 23.6 Å². The highest BCUT2D eigenvalue weighted by atomic mass is 32.1. The minimum absolute atomic E-state index is 0.0743. The van der Waals surface area contributed by atoms with E-state index in [1.54, 1.807) is 30.5 Å². The van der Waals surface area contributed by atoms with E-state index >= 15 is 0 Å². The van der Waals surface area contributed by atoms with Crippen LogP contribution in [0.5, 0.6) is 0 Å². The molecule has 27 heavy (non-hydrogen) atoms. The van der Waals surface area contributed by atoms with Gasteiger partial charge in [0.2, 0.25) is 0 Å². The predicted octanol–water partition coefficient (Wildman–Crippen LogP) is 3.81. The van der Waals surface area contributed by atoms with Crippen molar-refractivity contribution in [2.45, 2.75) is 13.0 Å². The molecule has 3 heterocycles. The van der Waals surface area contributed by atoms with Gasteiger partial charge in [0.05, 0.1) is 5.57 Å². The molecule has 3 aromatic rings. The molecule has 8 heteroatoms. The highest BCUT2D eigenvalue weighted by Gasteiger charge is 2.48. The van der Waals surface area contributed by atoms with E-state index < -0.39 is 23.5 Å². The maximum Gasteiger partial charge on any atom is 0.301 e. The summed E-state index contributed by atoms with van der Waals surface area (Å²) in [5.74, 6) is -1.82. The van der Waals surface area contributed by atoms with Gasteiger partial charge in [-0.15, -0.1) is 11.3 Å². The molecular weight excluding hydrogens is 371 g/mol. The number of hydrogen-bond donors (Lipinski definition) is 1. The zero-order chi connectivity index (χ0) is 19.1. The fourth-order valence-electron chi connectivity index (χ4n) is 3.01. The molecule has 0 saturated carbocycles. The first-order valence-electron chi connectivity index (χ1n) is 8.01. The van der Waals surface area contributed by atoms with E-state index in [9.17, 15) is 19.1 Å². The highest BCUT2D eigenvalue weighted by molar-refractivity contribution is 7.10. The average molecular weight is 384 g/mol. The predicted molar refractivity (Wildman–Crippen MR) is 96.7 cm³/mol. The second-order valence-corrected chi connectivity index (χ2v) is 6.97. The van der Waals surface area contributed by atoms with Crippen molar-refractivity contribution in [2.75, 3.05) is 4.90 Å². The van der Waals surface area contributed by atoms with E-state index in [0.29, 0.717) is 10.6 Å². The van der Waals surface area contributed by atoms with Crippen LogP contribution >= 0.6 is 11.3 Å². The Labute approximate surface area is 157 Å². The van der Waals surface area contributed by atoms with Crippen molar-refractivity contribution in [3.8, 4) is 0 Å². The fourth-order valence-corrected chi connectivity index (χ4v) is 3.84. The number of rotatable bonds is 3. The Bertz CT molecular complexity index is 1050. The van der Waals surface area contributed by atoms with Crippen LogP contribution in [-0.4, -0.2) is 22.0 Å². The van der Waals surface area contributed by atoms with E-state index in [1.807, 2.05) is 0 Å². The number of benzene rings is 1. The largest absolute Gasteiger partial charge is 0.507 e. The lowest BCUT2D eigenvalue weighted by Gasteiger charge is -2.21. The third-order valence-corrected chi connectivity index (χ3v) is 5.16. The summed E-state index contributed by atoms with van der Waals surface area (Å²) in [6.07, 6.45) is 0. The van der Waals surface area contributed by atoms with Crippen LogP contribution in [0.2, 0.25) is 0 Å². The number of thiophene rings is 1. The smallest absolute Gasteiger partial charge is 0.301 e. The van der Waals surface area contributed by atoms with Gasteiger partial charge in [-0.3, -0.25) is 14.5 Å². The topological polar surface area (TPSA) is 83.6 Å². The van der Waals surface area contributed by atoms with Crippen LogP contribution in [0, 0.1) is 12.7 Å². The minimum atomic E-state index is -0.848. The third-order valence-electron chi connectivity index (χ3n) is 4.24. The zero-order valence-corrected chi connectivity index (χ0v) is 14.9. The second kappa shape index (κ2) is 6.48. The van der Waals surface area contributed by atoms with Crippen LogP contribution in [-0.2, 0) is 9.59 Å². The molecule has 1 saturated heterocycles. The molecule has 1 N–H and O–H groups in total. The first-order valence-corrected chi connectivity index (χ1v) is 8.89. The second-order valence-electron chi connectivity index (χ2n) is 5.99. The van der Waals surface area contributed by atoms with Gasteiger partial charge >= 0.3 is 5.91 Å². The van der Waals surface area contributed by atoms with Crippen molar-refractivity contribution in [1.29, 1.82) is 0 Å². The first kappa shape index (κ1) is 17.2. The van der Waals surface area contributed by atoms with Gasteiger partial charge in [0.15, 0.2) is 5.82 Å². The number of nitrogens with zero attached hydrogens (tertiary/aromatic N) is 2. The number of Topliss-reactive ketones (excluding diaryl/α,β-unsaturated/α-hetero) is 1. The van der Waals surface area contributed by atoms with Crippen LogP contribution in [0.15, 0.2) is 57.9 Å².